The predicted molar refractivity (Wildman–Crippen MR) is 90.4 cm³/mol. The molecule has 0 aliphatic rings. The SMILES string of the molecule is Nc1cccc(Nc2nc(-c3cnc4ccccn34)cs2)c1. The van der Waals surface area contributed by atoms with Crippen LogP contribution in [0.2, 0.25) is 0 Å². The molecule has 22 heavy (non-hydrogen) atoms. The molecule has 0 fully saturated rings. The van der Waals surface area contributed by atoms with Crippen LogP contribution in [0.15, 0.2) is 60.2 Å². The average Bonchev–Trinajstić information content (AvgIpc) is 3.13. The molecular weight excluding hydrogens is 294 g/mol. The number of thiazole rings is 1. The Bertz CT molecular complexity index is 940. The van der Waals surface area contributed by atoms with Crippen molar-refractivity contribution in [1.29, 1.82) is 0 Å². The molecule has 0 amide bonds. The maximum absolute atomic E-state index is 5.79. The third kappa shape index (κ3) is 2.29. The first-order valence-electron chi connectivity index (χ1n) is 6.80. The Balaban J connectivity index is 1.67. The summed E-state index contributed by atoms with van der Waals surface area (Å²) >= 11 is 1.55. The highest BCUT2D eigenvalue weighted by molar-refractivity contribution is 7.14. The van der Waals surface area contributed by atoms with Gasteiger partial charge in [0, 0.05) is 23.0 Å². The Morgan fingerprint density at radius 3 is 3.00 bits per heavy atom. The highest BCUT2D eigenvalue weighted by Crippen LogP contribution is 2.28. The van der Waals surface area contributed by atoms with E-state index in [1.807, 2.05) is 64.6 Å². The monoisotopic (exact) mass is 307 g/mol. The topological polar surface area (TPSA) is 68.2 Å². The number of benzene rings is 1. The molecule has 0 spiro atoms. The van der Waals surface area contributed by atoms with Crippen LogP contribution < -0.4 is 11.1 Å². The minimum atomic E-state index is 0.726. The second-order valence-corrected chi connectivity index (χ2v) is 5.72. The largest absolute Gasteiger partial charge is 0.399 e. The van der Waals surface area contributed by atoms with Crippen molar-refractivity contribution < 1.29 is 0 Å². The minimum Gasteiger partial charge on any atom is -0.399 e. The molecule has 0 saturated carbocycles. The van der Waals surface area contributed by atoms with Crippen molar-refractivity contribution in [1.82, 2.24) is 14.4 Å². The number of nitrogen functional groups attached to an aromatic ring is 1. The number of nitrogens with two attached hydrogens (primary N) is 1. The summed E-state index contributed by atoms with van der Waals surface area (Å²) in [5, 5.41) is 6.12. The molecule has 0 aliphatic carbocycles. The number of hydrogen-bond acceptors (Lipinski definition) is 5. The van der Waals surface area contributed by atoms with Crippen molar-refractivity contribution in [2.75, 3.05) is 11.1 Å². The summed E-state index contributed by atoms with van der Waals surface area (Å²) in [6.45, 7) is 0. The lowest BCUT2D eigenvalue weighted by Gasteiger charge is -2.02. The van der Waals surface area contributed by atoms with Crippen LogP contribution in [0.25, 0.3) is 17.0 Å². The van der Waals surface area contributed by atoms with E-state index in [-0.39, 0.29) is 0 Å². The van der Waals surface area contributed by atoms with E-state index in [4.69, 9.17) is 5.73 Å². The van der Waals surface area contributed by atoms with Gasteiger partial charge in [0.15, 0.2) is 5.13 Å². The fourth-order valence-corrected chi connectivity index (χ4v) is 3.04. The van der Waals surface area contributed by atoms with Gasteiger partial charge in [-0.1, -0.05) is 12.1 Å². The molecule has 0 aliphatic heterocycles. The lowest BCUT2D eigenvalue weighted by atomic mass is 10.3. The first kappa shape index (κ1) is 12.8. The van der Waals surface area contributed by atoms with Crippen molar-refractivity contribution in [3.05, 3.63) is 60.2 Å². The van der Waals surface area contributed by atoms with Crippen LogP contribution in [0.4, 0.5) is 16.5 Å². The summed E-state index contributed by atoms with van der Waals surface area (Å²) in [5.74, 6) is 0. The van der Waals surface area contributed by atoms with Crippen LogP contribution >= 0.6 is 11.3 Å². The van der Waals surface area contributed by atoms with Gasteiger partial charge >= 0.3 is 0 Å². The number of nitrogens with one attached hydrogen (secondary N) is 1. The van der Waals surface area contributed by atoms with E-state index < -0.39 is 0 Å². The molecule has 0 bridgehead atoms. The van der Waals surface area contributed by atoms with E-state index in [1.165, 1.54) is 0 Å². The minimum absolute atomic E-state index is 0.726. The molecule has 5 nitrogen and oxygen atoms in total. The van der Waals surface area contributed by atoms with E-state index in [0.29, 0.717) is 0 Å². The number of fused-ring (bicyclic) bond motifs is 1. The zero-order valence-corrected chi connectivity index (χ0v) is 12.4. The molecule has 0 unspecified atom stereocenters. The number of aromatic nitrogens is 3. The first-order valence-corrected chi connectivity index (χ1v) is 7.68. The average molecular weight is 307 g/mol. The fraction of sp³-hybridized carbons (Fsp3) is 0. The zero-order valence-electron chi connectivity index (χ0n) is 11.6. The van der Waals surface area contributed by atoms with Crippen molar-refractivity contribution in [3.8, 4) is 11.4 Å². The summed E-state index contributed by atoms with van der Waals surface area (Å²) < 4.78 is 2.03. The summed E-state index contributed by atoms with van der Waals surface area (Å²) in [5.41, 5.74) is 10.2. The van der Waals surface area contributed by atoms with Crippen LogP contribution in [0.3, 0.4) is 0 Å². The van der Waals surface area contributed by atoms with Crippen molar-refractivity contribution in [2.24, 2.45) is 0 Å². The number of anilines is 3. The lowest BCUT2D eigenvalue weighted by molar-refractivity contribution is 1.18. The summed E-state index contributed by atoms with van der Waals surface area (Å²) in [6.07, 6.45) is 3.83. The normalized spacial score (nSPS) is 10.9. The van der Waals surface area contributed by atoms with Gasteiger partial charge in [-0.05, 0) is 30.3 Å². The fourth-order valence-electron chi connectivity index (χ4n) is 2.31. The number of hydrogen-bond donors (Lipinski definition) is 2. The lowest BCUT2D eigenvalue weighted by Crippen LogP contribution is -1.92. The maximum Gasteiger partial charge on any atom is 0.187 e. The second kappa shape index (κ2) is 5.16. The van der Waals surface area contributed by atoms with Gasteiger partial charge in [-0.3, -0.25) is 4.40 Å². The third-order valence-electron chi connectivity index (χ3n) is 3.32. The third-order valence-corrected chi connectivity index (χ3v) is 4.08. The molecule has 4 aromatic rings. The van der Waals surface area contributed by atoms with E-state index in [0.717, 1.165) is 33.5 Å². The molecule has 6 heteroatoms. The molecule has 0 saturated heterocycles. The Labute approximate surface area is 131 Å². The number of pyridine rings is 1. The zero-order chi connectivity index (χ0) is 14.9. The van der Waals surface area contributed by atoms with Crippen LogP contribution in [0.5, 0.6) is 0 Å². The number of imidazole rings is 1. The second-order valence-electron chi connectivity index (χ2n) is 4.86. The van der Waals surface area contributed by atoms with Crippen LogP contribution in [0, 0.1) is 0 Å². The molecule has 0 atom stereocenters. The van der Waals surface area contributed by atoms with E-state index in [2.05, 4.69) is 15.3 Å². The molecule has 1 aromatic carbocycles. The van der Waals surface area contributed by atoms with Gasteiger partial charge in [0.05, 0.1) is 11.9 Å². The summed E-state index contributed by atoms with van der Waals surface area (Å²) in [6, 6.07) is 13.5. The van der Waals surface area contributed by atoms with Gasteiger partial charge in [-0.15, -0.1) is 11.3 Å². The molecule has 0 radical (unpaired) electrons. The van der Waals surface area contributed by atoms with Crippen molar-refractivity contribution >= 4 is 33.5 Å². The Hall–Kier alpha value is -2.86. The van der Waals surface area contributed by atoms with Crippen LogP contribution in [0.1, 0.15) is 0 Å². The van der Waals surface area contributed by atoms with E-state index in [1.54, 1.807) is 11.3 Å². The predicted octanol–water partition coefficient (Wildman–Crippen LogP) is 3.78. The number of rotatable bonds is 3. The highest BCUT2D eigenvalue weighted by Gasteiger charge is 2.09. The van der Waals surface area contributed by atoms with Crippen LogP contribution in [-0.4, -0.2) is 14.4 Å². The Kier molecular flexibility index (Phi) is 3.01. The first-order chi connectivity index (χ1) is 10.8. The van der Waals surface area contributed by atoms with E-state index in [9.17, 15) is 0 Å². The van der Waals surface area contributed by atoms with Gasteiger partial charge in [-0.25, -0.2) is 9.97 Å². The maximum atomic E-state index is 5.79. The van der Waals surface area contributed by atoms with Crippen molar-refractivity contribution in [3.63, 3.8) is 0 Å². The van der Waals surface area contributed by atoms with Gasteiger partial charge in [-0.2, -0.15) is 0 Å². The highest BCUT2D eigenvalue weighted by atomic mass is 32.1. The van der Waals surface area contributed by atoms with Crippen LogP contribution in [-0.2, 0) is 0 Å². The van der Waals surface area contributed by atoms with Gasteiger partial charge < -0.3 is 11.1 Å². The summed E-state index contributed by atoms with van der Waals surface area (Å²) in [4.78, 5) is 9.02. The standard InChI is InChI=1S/C16H13N5S/c17-11-4-3-5-12(8-11)19-16-20-13(10-22-16)14-9-18-15-6-1-2-7-21(14)15/h1-10H,17H2,(H,19,20). The van der Waals surface area contributed by atoms with Gasteiger partial charge in [0.2, 0.25) is 0 Å². The van der Waals surface area contributed by atoms with Gasteiger partial charge in [0.25, 0.3) is 0 Å². The molecule has 3 heterocycles. The Morgan fingerprint density at radius 2 is 2.09 bits per heavy atom. The molecule has 108 valence electrons. The molecule has 3 N–H and O–H groups in total. The van der Waals surface area contributed by atoms with E-state index >= 15 is 0 Å². The quantitative estimate of drug-likeness (QED) is 0.565. The Morgan fingerprint density at radius 1 is 1.14 bits per heavy atom. The molecular formula is C16H13N5S. The summed E-state index contributed by atoms with van der Waals surface area (Å²) in [7, 11) is 0. The molecule has 4 rings (SSSR count). The number of nitrogens with zero attached hydrogens (tertiary/aromatic N) is 3. The smallest absolute Gasteiger partial charge is 0.187 e. The molecule has 3 aromatic heterocycles. The van der Waals surface area contributed by atoms with Crippen molar-refractivity contribution in [2.45, 2.75) is 0 Å². The van der Waals surface area contributed by atoms with Gasteiger partial charge in [0.1, 0.15) is 11.3 Å².